The Morgan fingerprint density at radius 1 is 1.06 bits per heavy atom. The number of benzene rings is 1. The van der Waals surface area contributed by atoms with Crippen molar-refractivity contribution < 1.29 is 14.4 Å². The molecule has 5 heteroatoms. The van der Waals surface area contributed by atoms with E-state index in [2.05, 4.69) is 0 Å². The Hall–Kier alpha value is -2.17. The predicted molar refractivity (Wildman–Crippen MR) is 64.3 cm³/mol. The molecule has 0 aromatic heterocycles. The standard InChI is InChI=1S/C13H14N2O3/c1-9-11(16)14(2)13(18)15(12(9)17)8-10-6-4-3-5-7-10/h3-7,9H,8H2,1-2H3. The van der Waals surface area contributed by atoms with Gasteiger partial charge in [-0.2, -0.15) is 0 Å². The Balaban J connectivity index is 2.24. The first-order valence-corrected chi connectivity index (χ1v) is 5.69. The lowest BCUT2D eigenvalue weighted by molar-refractivity contribution is -0.147. The Morgan fingerprint density at radius 2 is 1.67 bits per heavy atom. The highest BCUT2D eigenvalue weighted by atomic mass is 16.2. The molecule has 2 rings (SSSR count). The number of barbiturate groups is 1. The van der Waals surface area contributed by atoms with Crippen molar-refractivity contribution in [1.29, 1.82) is 0 Å². The van der Waals surface area contributed by atoms with Gasteiger partial charge in [0.15, 0.2) is 0 Å². The maximum Gasteiger partial charge on any atom is 0.333 e. The molecule has 18 heavy (non-hydrogen) atoms. The van der Waals surface area contributed by atoms with Crippen LogP contribution in [0.1, 0.15) is 12.5 Å². The van der Waals surface area contributed by atoms with Gasteiger partial charge in [-0.25, -0.2) is 4.79 Å². The third kappa shape index (κ3) is 1.99. The lowest BCUT2D eigenvalue weighted by atomic mass is 10.1. The molecule has 0 N–H and O–H groups in total. The summed E-state index contributed by atoms with van der Waals surface area (Å²) in [5.41, 5.74) is 0.856. The molecule has 4 amide bonds. The maximum atomic E-state index is 12.0. The molecule has 1 aliphatic rings. The number of amides is 4. The summed E-state index contributed by atoms with van der Waals surface area (Å²) in [6.45, 7) is 1.71. The third-order valence-electron chi connectivity index (χ3n) is 3.04. The van der Waals surface area contributed by atoms with Crippen LogP contribution < -0.4 is 0 Å². The van der Waals surface area contributed by atoms with Crippen LogP contribution in [-0.4, -0.2) is 34.7 Å². The molecule has 1 aliphatic heterocycles. The lowest BCUT2D eigenvalue weighted by Crippen LogP contribution is -2.57. The number of nitrogens with zero attached hydrogens (tertiary/aromatic N) is 2. The van der Waals surface area contributed by atoms with Gasteiger partial charge >= 0.3 is 6.03 Å². The minimum absolute atomic E-state index is 0.195. The lowest BCUT2D eigenvalue weighted by Gasteiger charge is -2.33. The Labute approximate surface area is 105 Å². The molecule has 1 saturated heterocycles. The zero-order valence-electron chi connectivity index (χ0n) is 10.3. The van der Waals surface area contributed by atoms with E-state index in [4.69, 9.17) is 0 Å². The average Bonchev–Trinajstić information content (AvgIpc) is 2.40. The number of hydrogen-bond donors (Lipinski definition) is 0. The fraction of sp³-hybridized carbons (Fsp3) is 0.308. The van der Waals surface area contributed by atoms with Gasteiger partial charge in [0.05, 0.1) is 6.54 Å². The minimum atomic E-state index is -0.795. The first-order valence-electron chi connectivity index (χ1n) is 5.69. The summed E-state index contributed by atoms with van der Waals surface area (Å²) in [6.07, 6.45) is 0. The van der Waals surface area contributed by atoms with Crippen LogP contribution >= 0.6 is 0 Å². The molecule has 1 atom stereocenters. The van der Waals surface area contributed by atoms with Crippen LogP contribution in [0.4, 0.5) is 4.79 Å². The van der Waals surface area contributed by atoms with Crippen molar-refractivity contribution >= 4 is 17.8 Å². The van der Waals surface area contributed by atoms with E-state index in [1.807, 2.05) is 30.3 Å². The van der Waals surface area contributed by atoms with E-state index < -0.39 is 23.8 Å². The number of carbonyl (C=O) groups excluding carboxylic acids is 3. The zero-order valence-corrected chi connectivity index (χ0v) is 10.3. The highest BCUT2D eigenvalue weighted by Crippen LogP contribution is 2.18. The molecular weight excluding hydrogens is 232 g/mol. The average molecular weight is 246 g/mol. The molecule has 0 bridgehead atoms. The highest BCUT2D eigenvalue weighted by Gasteiger charge is 2.41. The predicted octanol–water partition coefficient (Wildman–Crippen LogP) is 1.24. The molecule has 0 spiro atoms. The number of imide groups is 2. The van der Waals surface area contributed by atoms with Crippen molar-refractivity contribution in [3.63, 3.8) is 0 Å². The van der Waals surface area contributed by atoms with Crippen LogP contribution in [0, 0.1) is 5.92 Å². The normalized spacial score (nSPS) is 20.6. The van der Waals surface area contributed by atoms with Gasteiger partial charge in [-0.1, -0.05) is 30.3 Å². The van der Waals surface area contributed by atoms with Crippen LogP contribution in [0.5, 0.6) is 0 Å². The van der Waals surface area contributed by atoms with Crippen LogP contribution in [0.25, 0.3) is 0 Å². The van der Waals surface area contributed by atoms with Gasteiger partial charge in [0.25, 0.3) is 0 Å². The fourth-order valence-corrected chi connectivity index (χ4v) is 1.91. The summed E-state index contributed by atoms with van der Waals surface area (Å²) in [5.74, 6) is -1.68. The summed E-state index contributed by atoms with van der Waals surface area (Å²) < 4.78 is 0. The fourth-order valence-electron chi connectivity index (χ4n) is 1.91. The number of rotatable bonds is 2. The van der Waals surface area contributed by atoms with E-state index >= 15 is 0 Å². The topological polar surface area (TPSA) is 57.7 Å². The first kappa shape index (κ1) is 12.3. The molecule has 1 aromatic carbocycles. The SMILES string of the molecule is CC1C(=O)N(C)C(=O)N(Cc2ccccc2)C1=O. The summed E-state index contributed by atoms with van der Waals surface area (Å²) in [5, 5.41) is 0. The zero-order chi connectivity index (χ0) is 13.3. The second-order valence-corrected chi connectivity index (χ2v) is 4.31. The summed E-state index contributed by atoms with van der Waals surface area (Å²) >= 11 is 0. The number of urea groups is 1. The number of carbonyl (C=O) groups is 3. The van der Waals surface area contributed by atoms with E-state index in [1.165, 1.54) is 14.0 Å². The van der Waals surface area contributed by atoms with Crippen molar-refractivity contribution in [3.05, 3.63) is 35.9 Å². The molecule has 0 saturated carbocycles. The molecular formula is C13H14N2O3. The van der Waals surface area contributed by atoms with Crippen LogP contribution in [-0.2, 0) is 16.1 Å². The van der Waals surface area contributed by atoms with Gasteiger partial charge < -0.3 is 0 Å². The molecule has 1 heterocycles. The van der Waals surface area contributed by atoms with Crippen molar-refractivity contribution in [2.24, 2.45) is 5.92 Å². The molecule has 5 nitrogen and oxygen atoms in total. The van der Waals surface area contributed by atoms with Gasteiger partial charge in [-0.05, 0) is 12.5 Å². The summed E-state index contributed by atoms with van der Waals surface area (Å²) in [7, 11) is 1.39. The van der Waals surface area contributed by atoms with Crippen LogP contribution in [0.15, 0.2) is 30.3 Å². The molecule has 0 radical (unpaired) electrons. The maximum absolute atomic E-state index is 12.0. The molecule has 1 fully saturated rings. The Kier molecular flexibility index (Phi) is 3.14. The summed E-state index contributed by atoms with van der Waals surface area (Å²) in [4.78, 5) is 37.6. The smallest absolute Gasteiger partial charge is 0.273 e. The van der Waals surface area contributed by atoms with Gasteiger partial charge in [0, 0.05) is 7.05 Å². The van der Waals surface area contributed by atoms with Crippen molar-refractivity contribution in [3.8, 4) is 0 Å². The van der Waals surface area contributed by atoms with Crippen LogP contribution in [0.3, 0.4) is 0 Å². The van der Waals surface area contributed by atoms with E-state index in [0.717, 1.165) is 15.4 Å². The summed E-state index contributed by atoms with van der Waals surface area (Å²) in [6, 6.07) is 8.65. The second kappa shape index (κ2) is 4.60. The van der Waals surface area contributed by atoms with Crippen molar-refractivity contribution in [2.75, 3.05) is 7.05 Å². The Morgan fingerprint density at radius 3 is 2.28 bits per heavy atom. The highest BCUT2D eigenvalue weighted by molar-refractivity contribution is 6.15. The number of hydrogen-bond acceptors (Lipinski definition) is 3. The second-order valence-electron chi connectivity index (χ2n) is 4.31. The monoisotopic (exact) mass is 246 g/mol. The third-order valence-corrected chi connectivity index (χ3v) is 3.04. The molecule has 1 unspecified atom stereocenters. The van der Waals surface area contributed by atoms with Crippen LogP contribution in [0.2, 0.25) is 0 Å². The van der Waals surface area contributed by atoms with Gasteiger partial charge in [-0.3, -0.25) is 19.4 Å². The van der Waals surface area contributed by atoms with Gasteiger partial charge in [0.2, 0.25) is 11.8 Å². The van der Waals surface area contributed by atoms with Crippen molar-refractivity contribution in [1.82, 2.24) is 9.80 Å². The first-order chi connectivity index (χ1) is 8.52. The molecule has 1 aromatic rings. The van der Waals surface area contributed by atoms with Crippen molar-refractivity contribution in [2.45, 2.75) is 13.5 Å². The van der Waals surface area contributed by atoms with E-state index in [0.29, 0.717) is 0 Å². The van der Waals surface area contributed by atoms with E-state index in [-0.39, 0.29) is 6.54 Å². The van der Waals surface area contributed by atoms with E-state index in [9.17, 15) is 14.4 Å². The van der Waals surface area contributed by atoms with Gasteiger partial charge in [-0.15, -0.1) is 0 Å². The molecule has 0 aliphatic carbocycles. The molecule has 94 valence electrons. The Bertz CT molecular complexity index is 474. The van der Waals surface area contributed by atoms with Gasteiger partial charge in [0.1, 0.15) is 5.92 Å². The minimum Gasteiger partial charge on any atom is -0.273 e. The largest absolute Gasteiger partial charge is 0.333 e. The quantitative estimate of drug-likeness (QED) is 0.738. The van der Waals surface area contributed by atoms with E-state index in [1.54, 1.807) is 0 Å².